The van der Waals surface area contributed by atoms with Gasteiger partial charge >= 0.3 is 0 Å². The average molecular weight is 377 g/mol. The molecule has 0 nitrogen and oxygen atoms in total. The monoisotopic (exact) mass is 376 g/mol. The Hall–Kier alpha value is 0. The molecule has 0 bridgehead atoms. The van der Waals surface area contributed by atoms with Crippen molar-refractivity contribution in [1.82, 2.24) is 0 Å². The van der Waals surface area contributed by atoms with Gasteiger partial charge in [-0.05, 0) is 66.6 Å². The molecular weight excluding hydrogens is 324 g/mol. The summed E-state index contributed by atoms with van der Waals surface area (Å²) in [5, 5.41) is 0. The van der Waals surface area contributed by atoms with E-state index in [0.29, 0.717) is 0 Å². The van der Waals surface area contributed by atoms with Crippen molar-refractivity contribution in [3.63, 3.8) is 0 Å². The van der Waals surface area contributed by atoms with E-state index in [1.807, 2.05) is 0 Å². The van der Waals surface area contributed by atoms with Crippen molar-refractivity contribution in [1.29, 1.82) is 0 Å². The first-order chi connectivity index (χ1) is 13.0. The van der Waals surface area contributed by atoms with Crippen molar-refractivity contribution in [2.24, 2.45) is 47.3 Å². The van der Waals surface area contributed by atoms with Crippen LogP contribution < -0.4 is 0 Å². The van der Waals surface area contributed by atoms with Crippen molar-refractivity contribution in [2.75, 3.05) is 0 Å². The first-order valence-electron chi connectivity index (χ1n) is 13.0. The lowest BCUT2D eigenvalue weighted by Gasteiger charge is -2.41. The Labute approximate surface area is 172 Å². The van der Waals surface area contributed by atoms with Crippen molar-refractivity contribution < 1.29 is 0 Å². The van der Waals surface area contributed by atoms with Gasteiger partial charge in [-0.1, -0.05) is 106 Å². The average Bonchev–Trinajstić information content (AvgIpc) is 3.02. The molecule has 0 N–H and O–H groups in total. The summed E-state index contributed by atoms with van der Waals surface area (Å²) in [5.41, 5.74) is 0. The molecule has 0 aliphatic heterocycles. The van der Waals surface area contributed by atoms with Gasteiger partial charge in [0.1, 0.15) is 0 Å². The summed E-state index contributed by atoms with van der Waals surface area (Å²) in [7, 11) is 0. The molecule has 0 heterocycles. The lowest BCUT2D eigenvalue weighted by molar-refractivity contribution is 0.0908. The van der Waals surface area contributed by atoms with Crippen LogP contribution in [0.25, 0.3) is 0 Å². The zero-order valence-electron chi connectivity index (χ0n) is 19.8. The first kappa shape index (κ1) is 23.3. The van der Waals surface area contributed by atoms with Gasteiger partial charge in [-0.25, -0.2) is 0 Å². The van der Waals surface area contributed by atoms with Crippen LogP contribution in [0.4, 0.5) is 0 Å². The Morgan fingerprint density at radius 3 is 2.07 bits per heavy atom. The van der Waals surface area contributed by atoms with E-state index < -0.39 is 0 Å². The van der Waals surface area contributed by atoms with Gasteiger partial charge in [0.2, 0.25) is 0 Å². The van der Waals surface area contributed by atoms with Crippen LogP contribution in [0, 0.1) is 47.3 Å². The van der Waals surface area contributed by atoms with Crippen LogP contribution in [0.2, 0.25) is 0 Å². The summed E-state index contributed by atoms with van der Waals surface area (Å²) in [4.78, 5) is 0. The lowest BCUT2D eigenvalue weighted by Crippen LogP contribution is -2.32. The lowest BCUT2D eigenvalue weighted by atomic mass is 9.64. The maximum atomic E-state index is 2.54. The maximum absolute atomic E-state index is 2.54. The molecule has 2 aliphatic carbocycles. The Kier molecular flexibility index (Phi) is 10.2. The minimum atomic E-state index is 0.885. The fraction of sp³-hybridized carbons (Fsp3) is 1.00. The van der Waals surface area contributed by atoms with Gasteiger partial charge < -0.3 is 0 Å². The molecule has 0 radical (unpaired) electrons. The molecule has 160 valence electrons. The van der Waals surface area contributed by atoms with E-state index in [1.54, 1.807) is 0 Å². The summed E-state index contributed by atoms with van der Waals surface area (Å²) in [5.74, 6) is 7.97. The van der Waals surface area contributed by atoms with Gasteiger partial charge in [0.15, 0.2) is 0 Å². The number of hydrogen-bond acceptors (Lipinski definition) is 0. The van der Waals surface area contributed by atoms with Crippen LogP contribution in [-0.4, -0.2) is 0 Å². The topological polar surface area (TPSA) is 0 Å². The Morgan fingerprint density at radius 2 is 1.41 bits per heavy atom. The van der Waals surface area contributed by atoms with Crippen molar-refractivity contribution in [3.8, 4) is 0 Å². The summed E-state index contributed by atoms with van der Waals surface area (Å²) in [6.07, 6.45) is 19.4. The minimum Gasteiger partial charge on any atom is -0.0651 e. The second-order valence-electron chi connectivity index (χ2n) is 11.2. The fourth-order valence-electron chi connectivity index (χ4n) is 7.22. The molecule has 2 fully saturated rings. The molecule has 0 saturated heterocycles. The Balaban J connectivity index is 1.64. The zero-order chi connectivity index (χ0) is 19.8. The molecule has 0 amide bonds. The third-order valence-corrected chi connectivity index (χ3v) is 8.69. The minimum absolute atomic E-state index is 0.885. The molecule has 0 heteroatoms. The molecular formula is C27H52. The first-order valence-corrected chi connectivity index (χ1v) is 13.0. The second kappa shape index (κ2) is 11.9. The van der Waals surface area contributed by atoms with E-state index >= 15 is 0 Å². The highest BCUT2D eigenvalue weighted by Crippen LogP contribution is 2.44. The van der Waals surface area contributed by atoms with E-state index in [9.17, 15) is 0 Å². The van der Waals surface area contributed by atoms with E-state index in [2.05, 4.69) is 41.5 Å². The number of unbranched alkanes of at least 4 members (excludes halogenated alkanes) is 1. The molecule has 27 heavy (non-hydrogen) atoms. The Bertz CT molecular complexity index is 383. The fourth-order valence-corrected chi connectivity index (χ4v) is 7.22. The third kappa shape index (κ3) is 7.08. The molecule has 2 aliphatic rings. The van der Waals surface area contributed by atoms with Crippen LogP contribution >= 0.6 is 0 Å². The zero-order valence-corrected chi connectivity index (χ0v) is 19.8. The van der Waals surface area contributed by atoms with E-state index in [-0.39, 0.29) is 0 Å². The van der Waals surface area contributed by atoms with Crippen LogP contribution in [0.15, 0.2) is 0 Å². The van der Waals surface area contributed by atoms with Crippen LogP contribution in [0.1, 0.15) is 125 Å². The summed E-state index contributed by atoms with van der Waals surface area (Å²) < 4.78 is 0. The SMILES string of the molecule is CCC1CC(C)CC1CCCCC(C)CCC1CCCC(CC)C1C(C)C. The van der Waals surface area contributed by atoms with Crippen LogP contribution in [-0.2, 0) is 0 Å². The van der Waals surface area contributed by atoms with Gasteiger partial charge in [-0.2, -0.15) is 0 Å². The van der Waals surface area contributed by atoms with Gasteiger partial charge in [0.25, 0.3) is 0 Å². The third-order valence-electron chi connectivity index (χ3n) is 8.69. The predicted octanol–water partition coefficient (Wildman–Crippen LogP) is 9.13. The van der Waals surface area contributed by atoms with Gasteiger partial charge in [0, 0.05) is 0 Å². The summed E-state index contributed by atoms with van der Waals surface area (Å²) >= 11 is 0. The highest BCUT2D eigenvalue weighted by atomic mass is 14.4. The van der Waals surface area contributed by atoms with Crippen LogP contribution in [0.5, 0.6) is 0 Å². The maximum Gasteiger partial charge on any atom is -0.0334 e. The van der Waals surface area contributed by atoms with E-state index in [1.165, 1.54) is 83.5 Å². The normalized spacial score (nSPS) is 35.7. The van der Waals surface area contributed by atoms with Gasteiger partial charge in [-0.3, -0.25) is 0 Å². The van der Waals surface area contributed by atoms with Crippen molar-refractivity contribution in [2.45, 2.75) is 125 Å². The Morgan fingerprint density at radius 1 is 0.741 bits per heavy atom. The van der Waals surface area contributed by atoms with Gasteiger partial charge in [-0.15, -0.1) is 0 Å². The number of rotatable bonds is 11. The summed E-state index contributed by atoms with van der Waals surface area (Å²) in [6.45, 7) is 14.8. The predicted molar refractivity (Wildman–Crippen MR) is 122 cm³/mol. The quantitative estimate of drug-likeness (QED) is 0.315. The second-order valence-corrected chi connectivity index (χ2v) is 11.2. The van der Waals surface area contributed by atoms with Crippen molar-refractivity contribution in [3.05, 3.63) is 0 Å². The van der Waals surface area contributed by atoms with E-state index in [4.69, 9.17) is 0 Å². The molecule has 0 aromatic heterocycles. The molecule has 0 spiro atoms. The highest BCUT2D eigenvalue weighted by molar-refractivity contribution is 4.84. The van der Waals surface area contributed by atoms with Crippen molar-refractivity contribution >= 4 is 0 Å². The standard InChI is InChI=1S/C27H52/c1-7-23-14-11-15-25(27(23)20(3)4)17-16-21(5)12-9-10-13-26-19-22(6)18-24(26)8-2/h20-27H,7-19H2,1-6H3. The van der Waals surface area contributed by atoms with Crippen LogP contribution in [0.3, 0.4) is 0 Å². The van der Waals surface area contributed by atoms with E-state index in [0.717, 1.165) is 47.3 Å². The highest BCUT2D eigenvalue weighted by Gasteiger charge is 2.34. The molecule has 2 rings (SSSR count). The summed E-state index contributed by atoms with van der Waals surface area (Å²) in [6, 6.07) is 0. The molecule has 0 aromatic carbocycles. The molecule has 7 atom stereocenters. The molecule has 0 aromatic rings. The smallest absolute Gasteiger partial charge is 0.0334 e. The number of hydrogen-bond donors (Lipinski definition) is 0. The largest absolute Gasteiger partial charge is 0.0651 e. The molecule has 7 unspecified atom stereocenters. The molecule has 2 saturated carbocycles. The van der Waals surface area contributed by atoms with Gasteiger partial charge in [0.05, 0.1) is 0 Å².